The van der Waals surface area contributed by atoms with Gasteiger partial charge in [0, 0.05) is 18.2 Å². The average Bonchev–Trinajstić information content (AvgIpc) is 2.21. The lowest BCUT2D eigenvalue weighted by Crippen LogP contribution is -2.23. The number of aliphatic hydroxyl groups excluding tert-OH is 1. The molecule has 0 saturated carbocycles. The molecule has 1 unspecified atom stereocenters. The molecule has 84 valence electrons. The molecule has 1 atom stereocenters. The van der Waals surface area contributed by atoms with Crippen LogP contribution in [0.25, 0.3) is 0 Å². The Morgan fingerprint density at radius 1 is 1.47 bits per heavy atom. The van der Waals surface area contributed by atoms with Crippen molar-refractivity contribution in [3.8, 4) is 0 Å². The highest BCUT2D eigenvalue weighted by Crippen LogP contribution is 2.21. The van der Waals surface area contributed by atoms with E-state index in [2.05, 4.69) is 5.32 Å². The third-order valence-electron chi connectivity index (χ3n) is 2.40. The molecule has 0 aliphatic rings. The fourth-order valence-corrected chi connectivity index (χ4v) is 1.67. The van der Waals surface area contributed by atoms with Gasteiger partial charge in [-0.2, -0.15) is 0 Å². The Morgan fingerprint density at radius 2 is 2.20 bits per heavy atom. The molecule has 1 aromatic carbocycles. The van der Waals surface area contributed by atoms with Gasteiger partial charge in [-0.1, -0.05) is 24.6 Å². The van der Waals surface area contributed by atoms with Crippen LogP contribution in [-0.4, -0.2) is 18.3 Å². The van der Waals surface area contributed by atoms with Crippen molar-refractivity contribution >= 4 is 0 Å². The Labute approximate surface area is 90.1 Å². The number of hydrogen-bond donors (Lipinski definition) is 2. The fraction of sp³-hybridized carbons (Fsp3) is 0.500. The molecule has 15 heavy (non-hydrogen) atoms. The monoisotopic (exact) mass is 211 g/mol. The second-order valence-corrected chi connectivity index (χ2v) is 3.65. The molecule has 2 N–H and O–H groups in total. The minimum Gasteiger partial charge on any atom is -0.396 e. The summed E-state index contributed by atoms with van der Waals surface area (Å²) in [4.78, 5) is 0. The van der Waals surface area contributed by atoms with Crippen molar-refractivity contribution in [1.29, 1.82) is 0 Å². The van der Waals surface area contributed by atoms with E-state index >= 15 is 0 Å². The van der Waals surface area contributed by atoms with E-state index in [-0.39, 0.29) is 18.5 Å². The van der Waals surface area contributed by atoms with E-state index in [4.69, 9.17) is 5.11 Å². The van der Waals surface area contributed by atoms with Crippen LogP contribution in [0.15, 0.2) is 18.2 Å². The van der Waals surface area contributed by atoms with E-state index in [1.54, 1.807) is 6.07 Å². The van der Waals surface area contributed by atoms with Gasteiger partial charge in [-0.05, 0) is 26.0 Å². The van der Waals surface area contributed by atoms with Crippen molar-refractivity contribution in [3.63, 3.8) is 0 Å². The predicted octanol–water partition coefficient (Wildman–Crippen LogP) is 2.17. The summed E-state index contributed by atoms with van der Waals surface area (Å²) in [5, 5.41) is 12.1. The highest BCUT2D eigenvalue weighted by molar-refractivity contribution is 5.26. The number of nitrogens with one attached hydrogen (secondary N) is 1. The van der Waals surface area contributed by atoms with Crippen molar-refractivity contribution in [2.45, 2.75) is 26.3 Å². The van der Waals surface area contributed by atoms with E-state index < -0.39 is 0 Å². The second kappa shape index (κ2) is 5.83. The molecule has 0 aromatic heterocycles. The first-order valence-electron chi connectivity index (χ1n) is 5.29. The summed E-state index contributed by atoms with van der Waals surface area (Å²) >= 11 is 0. The summed E-state index contributed by atoms with van der Waals surface area (Å²) in [5.41, 5.74) is 1.68. The van der Waals surface area contributed by atoms with Crippen LogP contribution in [0.5, 0.6) is 0 Å². The molecule has 0 bridgehead atoms. The second-order valence-electron chi connectivity index (χ2n) is 3.65. The van der Waals surface area contributed by atoms with Crippen LogP contribution in [0.3, 0.4) is 0 Å². The van der Waals surface area contributed by atoms with Gasteiger partial charge in [-0.3, -0.25) is 0 Å². The smallest absolute Gasteiger partial charge is 0.127 e. The molecule has 1 rings (SSSR count). The summed E-state index contributed by atoms with van der Waals surface area (Å²) in [5.74, 6) is -0.208. The van der Waals surface area contributed by atoms with E-state index in [0.29, 0.717) is 12.0 Å². The van der Waals surface area contributed by atoms with E-state index in [1.807, 2.05) is 19.9 Å². The molecule has 0 spiro atoms. The highest BCUT2D eigenvalue weighted by atomic mass is 19.1. The number of aliphatic hydroxyl groups is 1. The largest absolute Gasteiger partial charge is 0.396 e. The van der Waals surface area contributed by atoms with Crippen molar-refractivity contribution in [2.75, 3.05) is 13.2 Å². The Balaban J connectivity index is 2.93. The zero-order valence-electron chi connectivity index (χ0n) is 9.26. The Kier molecular flexibility index (Phi) is 4.72. The molecule has 1 aromatic rings. The first-order valence-corrected chi connectivity index (χ1v) is 5.29. The highest BCUT2D eigenvalue weighted by Gasteiger charge is 2.13. The predicted molar refractivity (Wildman–Crippen MR) is 59.3 cm³/mol. The van der Waals surface area contributed by atoms with Gasteiger partial charge in [0.1, 0.15) is 5.82 Å². The number of hydrogen-bond acceptors (Lipinski definition) is 2. The lowest BCUT2D eigenvalue weighted by molar-refractivity contribution is 0.265. The molecule has 0 fully saturated rings. The number of halogens is 1. The first-order chi connectivity index (χ1) is 7.19. The summed E-state index contributed by atoms with van der Waals surface area (Å²) < 4.78 is 13.5. The topological polar surface area (TPSA) is 32.3 Å². The van der Waals surface area contributed by atoms with Crippen LogP contribution in [0.4, 0.5) is 4.39 Å². The van der Waals surface area contributed by atoms with Gasteiger partial charge in [0.05, 0.1) is 0 Å². The van der Waals surface area contributed by atoms with E-state index in [9.17, 15) is 4.39 Å². The van der Waals surface area contributed by atoms with Crippen molar-refractivity contribution in [3.05, 3.63) is 35.1 Å². The maximum absolute atomic E-state index is 13.5. The van der Waals surface area contributed by atoms with E-state index in [0.717, 1.165) is 12.1 Å². The molecule has 2 nitrogen and oxygen atoms in total. The SMILES string of the molecule is CCNC(CCO)c1cc(C)ccc1F. The zero-order chi connectivity index (χ0) is 11.3. The van der Waals surface area contributed by atoms with Crippen LogP contribution in [0, 0.1) is 12.7 Å². The van der Waals surface area contributed by atoms with Crippen molar-refractivity contribution < 1.29 is 9.50 Å². The molecule has 0 saturated heterocycles. The Morgan fingerprint density at radius 3 is 2.80 bits per heavy atom. The Bertz CT molecular complexity index is 308. The molecule has 0 amide bonds. The molecule has 0 aliphatic heterocycles. The van der Waals surface area contributed by atoms with Crippen molar-refractivity contribution in [2.24, 2.45) is 0 Å². The third-order valence-corrected chi connectivity index (χ3v) is 2.40. The molecular formula is C12H18FNO. The molecule has 0 heterocycles. The minimum absolute atomic E-state index is 0.0606. The van der Waals surface area contributed by atoms with Gasteiger partial charge < -0.3 is 10.4 Å². The lowest BCUT2D eigenvalue weighted by Gasteiger charge is -2.18. The maximum atomic E-state index is 13.5. The minimum atomic E-state index is -0.208. The number of aryl methyl sites for hydroxylation is 1. The summed E-state index contributed by atoms with van der Waals surface area (Å²) in [6.45, 7) is 4.73. The van der Waals surface area contributed by atoms with Gasteiger partial charge in [-0.15, -0.1) is 0 Å². The number of benzene rings is 1. The van der Waals surface area contributed by atoms with Gasteiger partial charge >= 0.3 is 0 Å². The van der Waals surface area contributed by atoms with Crippen LogP contribution >= 0.6 is 0 Å². The standard InChI is InChI=1S/C12H18FNO/c1-3-14-12(6-7-15)10-8-9(2)4-5-11(10)13/h4-5,8,12,14-15H,3,6-7H2,1-2H3. The van der Waals surface area contributed by atoms with Crippen molar-refractivity contribution in [1.82, 2.24) is 5.32 Å². The van der Waals surface area contributed by atoms with E-state index in [1.165, 1.54) is 6.07 Å². The summed E-state index contributed by atoms with van der Waals surface area (Å²) in [6, 6.07) is 4.96. The molecule has 3 heteroatoms. The average molecular weight is 211 g/mol. The Hall–Kier alpha value is -0.930. The quantitative estimate of drug-likeness (QED) is 0.782. The van der Waals surface area contributed by atoms with Gasteiger partial charge in [0.25, 0.3) is 0 Å². The molecule has 0 radical (unpaired) electrons. The normalized spacial score (nSPS) is 12.8. The van der Waals surface area contributed by atoms with Crippen LogP contribution in [0.1, 0.15) is 30.5 Å². The third kappa shape index (κ3) is 3.29. The molecule has 0 aliphatic carbocycles. The first kappa shape index (κ1) is 12.1. The summed E-state index contributed by atoms with van der Waals surface area (Å²) in [6.07, 6.45) is 0.536. The van der Waals surface area contributed by atoms with Crippen LogP contribution in [-0.2, 0) is 0 Å². The van der Waals surface area contributed by atoms with Gasteiger partial charge in [0.2, 0.25) is 0 Å². The van der Waals surface area contributed by atoms with Crippen LogP contribution < -0.4 is 5.32 Å². The lowest BCUT2D eigenvalue weighted by atomic mass is 10.0. The van der Waals surface area contributed by atoms with Gasteiger partial charge in [-0.25, -0.2) is 4.39 Å². The fourth-order valence-electron chi connectivity index (χ4n) is 1.67. The molecular weight excluding hydrogens is 193 g/mol. The number of rotatable bonds is 5. The summed E-state index contributed by atoms with van der Waals surface area (Å²) in [7, 11) is 0. The maximum Gasteiger partial charge on any atom is 0.127 e. The van der Waals surface area contributed by atoms with Crippen LogP contribution in [0.2, 0.25) is 0 Å². The zero-order valence-corrected chi connectivity index (χ0v) is 9.26. The van der Waals surface area contributed by atoms with Gasteiger partial charge in [0.15, 0.2) is 0 Å².